The van der Waals surface area contributed by atoms with E-state index in [1.54, 1.807) is 6.92 Å². The molecule has 1 aliphatic rings. The normalized spacial score (nSPS) is 20.9. The van der Waals surface area contributed by atoms with Gasteiger partial charge in [0, 0.05) is 5.56 Å². The minimum atomic E-state index is -0.624. The van der Waals surface area contributed by atoms with Gasteiger partial charge in [-0.1, -0.05) is 42.5 Å². The summed E-state index contributed by atoms with van der Waals surface area (Å²) in [6.45, 7) is 2.12. The molecule has 2 aromatic rings. The number of carbonyl (C=O) groups excluding carboxylic acids is 1. The largest absolute Gasteiger partial charge is 0.473 e. The van der Waals surface area contributed by atoms with Gasteiger partial charge in [-0.15, -0.1) is 0 Å². The Labute approximate surface area is 117 Å². The number of benzene rings is 2. The summed E-state index contributed by atoms with van der Waals surface area (Å²) in [6, 6.07) is 13.4. The Morgan fingerprint density at radius 2 is 2.05 bits per heavy atom. The topological polar surface area (TPSA) is 47.9 Å². The van der Waals surface area contributed by atoms with Crippen LogP contribution in [0.15, 0.2) is 47.5 Å². The van der Waals surface area contributed by atoms with E-state index >= 15 is 0 Å². The van der Waals surface area contributed by atoms with E-state index < -0.39 is 12.1 Å². The lowest BCUT2D eigenvalue weighted by molar-refractivity contribution is -0.146. The SMILES string of the molecule is CCOC(=O)C1N=COC1c1cccc2ccccc12. The molecule has 0 saturated heterocycles. The van der Waals surface area contributed by atoms with Gasteiger partial charge in [-0.2, -0.15) is 0 Å². The molecule has 1 heterocycles. The third-order valence-electron chi connectivity index (χ3n) is 3.37. The van der Waals surface area contributed by atoms with Gasteiger partial charge in [-0.3, -0.25) is 0 Å². The second kappa shape index (κ2) is 5.33. The molecule has 0 spiro atoms. The van der Waals surface area contributed by atoms with E-state index in [0.717, 1.165) is 16.3 Å². The van der Waals surface area contributed by atoms with Crippen molar-refractivity contribution in [2.45, 2.75) is 19.1 Å². The maximum Gasteiger partial charge on any atom is 0.335 e. The van der Waals surface area contributed by atoms with E-state index in [9.17, 15) is 4.79 Å². The van der Waals surface area contributed by atoms with Crippen molar-refractivity contribution in [1.82, 2.24) is 0 Å². The average Bonchev–Trinajstić information content (AvgIpc) is 2.96. The van der Waals surface area contributed by atoms with Crippen molar-refractivity contribution in [3.05, 3.63) is 48.0 Å². The number of aliphatic imine (C=N–C) groups is 1. The Morgan fingerprint density at radius 3 is 2.90 bits per heavy atom. The van der Waals surface area contributed by atoms with E-state index in [4.69, 9.17) is 9.47 Å². The quantitative estimate of drug-likeness (QED) is 0.805. The van der Waals surface area contributed by atoms with Crippen LogP contribution in [0.25, 0.3) is 10.8 Å². The minimum Gasteiger partial charge on any atom is -0.473 e. The molecule has 0 saturated carbocycles. The number of fused-ring (bicyclic) bond motifs is 1. The van der Waals surface area contributed by atoms with Gasteiger partial charge in [0.25, 0.3) is 0 Å². The van der Waals surface area contributed by atoms with Gasteiger partial charge < -0.3 is 9.47 Å². The van der Waals surface area contributed by atoms with Crippen molar-refractivity contribution < 1.29 is 14.3 Å². The Kier molecular flexibility index (Phi) is 3.37. The molecule has 4 nitrogen and oxygen atoms in total. The molecule has 2 aromatic carbocycles. The first-order valence-corrected chi connectivity index (χ1v) is 6.62. The first kappa shape index (κ1) is 12.7. The van der Waals surface area contributed by atoms with Crippen LogP contribution in [0, 0.1) is 0 Å². The van der Waals surface area contributed by atoms with Crippen LogP contribution in [0.4, 0.5) is 0 Å². The number of carbonyl (C=O) groups is 1. The second-order valence-electron chi connectivity index (χ2n) is 4.58. The van der Waals surface area contributed by atoms with Gasteiger partial charge in [0.2, 0.25) is 0 Å². The van der Waals surface area contributed by atoms with Crippen molar-refractivity contribution in [2.24, 2.45) is 4.99 Å². The number of nitrogens with zero attached hydrogens (tertiary/aromatic N) is 1. The summed E-state index contributed by atoms with van der Waals surface area (Å²) in [5, 5.41) is 2.18. The third kappa shape index (κ3) is 2.13. The molecule has 0 fully saturated rings. The molecule has 0 bridgehead atoms. The fourth-order valence-electron chi connectivity index (χ4n) is 2.47. The van der Waals surface area contributed by atoms with Crippen molar-refractivity contribution in [3.8, 4) is 0 Å². The van der Waals surface area contributed by atoms with Crippen LogP contribution in [0.3, 0.4) is 0 Å². The number of rotatable bonds is 3. The Morgan fingerprint density at radius 1 is 1.25 bits per heavy atom. The lowest BCUT2D eigenvalue weighted by Crippen LogP contribution is -2.26. The molecule has 20 heavy (non-hydrogen) atoms. The first-order valence-electron chi connectivity index (χ1n) is 6.62. The van der Waals surface area contributed by atoms with E-state index in [-0.39, 0.29) is 5.97 Å². The van der Waals surface area contributed by atoms with Gasteiger partial charge >= 0.3 is 5.97 Å². The predicted octanol–water partition coefficient (Wildman–Crippen LogP) is 2.87. The molecule has 0 N–H and O–H groups in total. The number of esters is 1. The fourth-order valence-corrected chi connectivity index (χ4v) is 2.47. The molecule has 4 heteroatoms. The molecule has 3 rings (SSSR count). The lowest BCUT2D eigenvalue weighted by atomic mass is 9.96. The molecule has 0 radical (unpaired) electrons. The van der Waals surface area contributed by atoms with Gasteiger partial charge in [-0.05, 0) is 17.7 Å². The highest BCUT2D eigenvalue weighted by Gasteiger charge is 2.35. The maximum atomic E-state index is 11.9. The van der Waals surface area contributed by atoms with E-state index in [1.807, 2.05) is 42.5 Å². The van der Waals surface area contributed by atoms with E-state index in [1.165, 1.54) is 6.40 Å². The van der Waals surface area contributed by atoms with Gasteiger partial charge in [0.15, 0.2) is 18.5 Å². The first-order chi connectivity index (χ1) is 9.81. The predicted molar refractivity (Wildman–Crippen MR) is 76.7 cm³/mol. The molecule has 2 atom stereocenters. The molecule has 0 amide bonds. The highest BCUT2D eigenvalue weighted by Crippen LogP contribution is 2.32. The smallest absolute Gasteiger partial charge is 0.335 e. The summed E-state index contributed by atoms with van der Waals surface area (Å²) >= 11 is 0. The highest BCUT2D eigenvalue weighted by molar-refractivity contribution is 5.88. The molecule has 102 valence electrons. The van der Waals surface area contributed by atoms with Crippen molar-refractivity contribution in [3.63, 3.8) is 0 Å². The summed E-state index contributed by atoms with van der Waals surface area (Å²) in [5.41, 5.74) is 0.957. The molecule has 0 aromatic heterocycles. The van der Waals surface area contributed by atoms with Crippen molar-refractivity contribution in [1.29, 1.82) is 0 Å². The summed E-state index contributed by atoms with van der Waals surface area (Å²) in [7, 11) is 0. The van der Waals surface area contributed by atoms with Crippen LogP contribution < -0.4 is 0 Å². The van der Waals surface area contributed by atoms with Crippen LogP contribution in [-0.2, 0) is 14.3 Å². The summed E-state index contributed by atoms with van der Waals surface area (Å²) in [4.78, 5) is 16.0. The Bertz CT molecular complexity index is 660. The van der Waals surface area contributed by atoms with Crippen LogP contribution >= 0.6 is 0 Å². The van der Waals surface area contributed by atoms with Crippen molar-refractivity contribution >= 4 is 23.1 Å². The second-order valence-corrected chi connectivity index (χ2v) is 4.58. The van der Waals surface area contributed by atoms with Crippen molar-refractivity contribution in [2.75, 3.05) is 6.61 Å². The van der Waals surface area contributed by atoms with Crippen LogP contribution in [-0.4, -0.2) is 25.0 Å². The monoisotopic (exact) mass is 269 g/mol. The molecule has 2 unspecified atom stereocenters. The van der Waals surface area contributed by atoms with E-state index in [0.29, 0.717) is 6.61 Å². The van der Waals surface area contributed by atoms with Gasteiger partial charge in [0.05, 0.1) is 6.61 Å². The zero-order valence-electron chi connectivity index (χ0n) is 11.2. The average molecular weight is 269 g/mol. The zero-order valence-corrected chi connectivity index (χ0v) is 11.2. The summed E-state index contributed by atoms with van der Waals surface area (Å²) in [6.07, 6.45) is 0.925. The van der Waals surface area contributed by atoms with Gasteiger partial charge in [0.1, 0.15) is 0 Å². The Hall–Kier alpha value is -2.36. The van der Waals surface area contributed by atoms with Crippen LogP contribution in [0.2, 0.25) is 0 Å². The molecule has 1 aliphatic heterocycles. The standard InChI is InChI=1S/C16H15NO3/c1-2-19-16(18)14-15(20-10-17-14)13-9-5-7-11-6-3-4-8-12(11)13/h3-10,14-15H,2H2,1H3. The maximum absolute atomic E-state index is 11.9. The minimum absolute atomic E-state index is 0.340. The third-order valence-corrected chi connectivity index (χ3v) is 3.37. The Balaban J connectivity index is 2.00. The molecular formula is C16H15NO3. The van der Waals surface area contributed by atoms with Crippen LogP contribution in [0.5, 0.6) is 0 Å². The fraction of sp³-hybridized carbons (Fsp3) is 0.250. The summed E-state index contributed by atoms with van der Waals surface area (Å²) < 4.78 is 10.6. The molecule has 0 aliphatic carbocycles. The van der Waals surface area contributed by atoms with Crippen LogP contribution in [0.1, 0.15) is 18.6 Å². The molecular weight excluding hydrogens is 254 g/mol. The van der Waals surface area contributed by atoms with Gasteiger partial charge in [-0.25, -0.2) is 9.79 Å². The summed E-state index contributed by atoms with van der Waals surface area (Å²) in [5.74, 6) is -0.348. The number of ether oxygens (including phenoxy) is 2. The number of hydrogen-bond acceptors (Lipinski definition) is 4. The highest BCUT2D eigenvalue weighted by atomic mass is 16.5. The van der Waals surface area contributed by atoms with E-state index in [2.05, 4.69) is 4.99 Å². The lowest BCUT2D eigenvalue weighted by Gasteiger charge is -2.18. The number of hydrogen-bond donors (Lipinski definition) is 0. The zero-order chi connectivity index (χ0) is 13.9.